The number of rotatable bonds is 11. The van der Waals surface area contributed by atoms with Gasteiger partial charge in [0.25, 0.3) is 0 Å². The molecule has 0 rings (SSSR count). The van der Waals surface area contributed by atoms with Crippen LogP contribution >= 0.6 is 0 Å². The summed E-state index contributed by atoms with van der Waals surface area (Å²) in [4.78, 5) is 8.49. The number of unbranched alkanes of at least 4 members (excludes halogenated alkanes) is 3. The molecule has 0 heterocycles. The highest BCUT2D eigenvalue weighted by molar-refractivity contribution is 5.54. The predicted octanol–water partition coefficient (Wildman–Crippen LogP) is 1.82. The summed E-state index contributed by atoms with van der Waals surface area (Å²) < 4.78 is 0. The first-order valence-electron chi connectivity index (χ1n) is 6.35. The third-order valence-corrected chi connectivity index (χ3v) is 2.10. The van der Waals surface area contributed by atoms with Crippen molar-refractivity contribution in [1.82, 2.24) is 10.6 Å². The molecule has 0 spiro atoms. The van der Waals surface area contributed by atoms with E-state index in [2.05, 4.69) is 34.5 Å². The molecule has 0 saturated carbocycles. The van der Waals surface area contributed by atoms with Gasteiger partial charge in [-0.25, -0.2) is 0 Å². The monoisotopic (exact) mass is 226 g/mol. The van der Waals surface area contributed by atoms with E-state index in [1.165, 1.54) is 25.7 Å². The van der Waals surface area contributed by atoms with Crippen LogP contribution in [-0.4, -0.2) is 38.9 Å². The summed E-state index contributed by atoms with van der Waals surface area (Å²) >= 11 is 0. The van der Waals surface area contributed by atoms with E-state index in [9.17, 15) is 0 Å². The Morgan fingerprint density at radius 1 is 0.750 bits per heavy atom. The van der Waals surface area contributed by atoms with E-state index < -0.39 is 0 Å². The zero-order chi connectivity index (χ0) is 11.9. The number of aliphatic imine (C=N–C) groups is 2. The molecule has 2 N–H and O–H groups in total. The summed E-state index contributed by atoms with van der Waals surface area (Å²) in [6.07, 6.45) is 8.47. The first kappa shape index (κ1) is 14.9. The summed E-state index contributed by atoms with van der Waals surface area (Å²) in [5.41, 5.74) is 0. The van der Waals surface area contributed by atoms with Crippen LogP contribution in [0.3, 0.4) is 0 Å². The summed E-state index contributed by atoms with van der Waals surface area (Å²) in [7, 11) is 0. The van der Waals surface area contributed by atoms with Crippen molar-refractivity contribution >= 4 is 12.7 Å². The second kappa shape index (κ2) is 13.9. The summed E-state index contributed by atoms with van der Waals surface area (Å²) in [6.45, 7) is 7.92. The molecule has 0 saturated heterocycles. The maximum absolute atomic E-state index is 4.24. The summed E-state index contributed by atoms with van der Waals surface area (Å²) in [6, 6.07) is 0. The van der Waals surface area contributed by atoms with Crippen LogP contribution < -0.4 is 10.6 Å². The van der Waals surface area contributed by atoms with Crippen molar-refractivity contribution < 1.29 is 0 Å². The van der Waals surface area contributed by atoms with Crippen LogP contribution in [0, 0.1) is 0 Å². The van der Waals surface area contributed by atoms with Gasteiger partial charge in [0, 0.05) is 26.2 Å². The molecule has 0 aliphatic heterocycles. The Bertz CT molecular complexity index is 158. The van der Waals surface area contributed by atoms with Gasteiger partial charge in [-0.1, -0.05) is 12.8 Å². The molecule has 0 radical (unpaired) electrons. The smallest absolute Gasteiger partial charge is 0.0823 e. The van der Waals surface area contributed by atoms with Gasteiger partial charge in [0.2, 0.25) is 0 Å². The van der Waals surface area contributed by atoms with Crippen molar-refractivity contribution in [2.45, 2.75) is 39.5 Å². The van der Waals surface area contributed by atoms with E-state index >= 15 is 0 Å². The SMILES string of the molecule is CCNC=NCCCCCCN=CNCC. The lowest BCUT2D eigenvalue weighted by Crippen LogP contribution is -2.09. The molecule has 4 nitrogen and oxygen atoms in total. The Balaban J connectivity index is 3.04. The quantitative estimate of drug-likeness (QED) is 0.321. The molecule has 0 fully saturated rings. The fourth-order valence-corrected chi connectivity index (χ4v) is 1.20. The van der Waals surface area contributed by atoms with Crippen LogP contribution in [0.15, 0.2) is 9.98 Å². The minimum atomic E-state index is 0.938. The average molecular weight is 226 g/mol. The molecule has 0 bridgehead atoms. The van der Waals surface area contributed by atoms with Crippen molar-refractivity contribution in [1.29, 1.82) is 0 Å². The van der Waals surface area contributed by atoms with Gasteiger partial charge in [-0.15, -0.1) is 0 Å². The molecule has 94 valence electrons. The van der Waals surface area contributed by atoms with Crippen molar-refractivity contribution in [2.75, 3.05) is 26.2 Å². The second-order valence-corrected chi connectivity index (χ2v) is 3.60. The Kier molecular flexibility index (Phi) is 13.0. The maximum atomic E-state index is 4.24. The van der Waals surface area contributed by atoms with Crippen LogP contribution in [0.4, 0.5) is 0 Å². The highest BCUT2D eigenvalue weighted by atomic mass is 14.9. The molecule has 0 aliphatic carbocycles. The van der Waals surface area contributed by atoms with Crippen molar-refractivity contribution in [3.05, 3.63) is 0 Å². The topological polar surface area (TPSA) is 48.8 Å². The molecule has 0 aromatic carbocycles. The molecule has 0 amide bonds. The zero-order valence-corrected chi connectivity index (χ0v) is 10.7. The Hall–Kier alpha value is -1.06. The molecular formula is C12H26N4. The molecule has 0 unspecified atom stereocenters. The van der Waals surface area contributed by atoms with Gasteiger partial charge in [-0.2, -0.15) is 0 Å². The van der Waals surface area contributed by atoms with E-state index in [1.807, 2.05) is 0 Å². The third-order valence-electron chi connectivity index (χ3n) is 2.10. The maximum Gasteiger partial charge on any atom is 0.0823 e. The van der Waals surface area contributed by atoms with Crippen LogP contribution in [0.2, 0.25) is 0 Å². The van der Waals surface area contributed by atoms with E-state index in [0.29, 0.717) is 0 Å². The fourth-order valence-electron chi connectivity index (χ4n) is 1.20. The van der Waals surface area contributed by atoms with E-state index in [-0.39, 0.29) is 0 Å². The predicted molar refractivity (Wildman–Crippen MR) is 72.5 cm³/mol. The first-order chi connectivity index (χ1) is 7.91. The normalized spacial score (nSPS) is 11.4. The lowest BCUT2D eigenvalue weighted by atomic mass is 10.2. The van der Waals surface area contributed by atoms with Gasteiger partial charge >= 0.3 is 0 Å². The second-order valence-electron chi connectivity index (χ2n) is 3.60. The van der Waals surface area contributed by atoms with Crippen LogP contribution in [-0.2, 0) is 0 Å². The van der Waals surface area contributed by atoms with Gasteiger partial charge in [0.05, 0.1) is 12.7 Å². The van der Waals surface area contributed by atoms with E-state index in [1.54, 1.807) is 12.7 Å². The fraction of sp³-hybridized carbons (Fsp3) is 0.833. The minimum Gasteiger partial charge on any atom is -0.377 e. The number of nitrogens with one attached hydrogen (secondary N) is 2. The lowest BCUT2D eigenvalue weighted by molar-refractivity contribution is 0.654. The van der Waals surface area contributed by atoms with Crippen LogP contribution in [0.5, 0.6) is 0 Å². The summed E-state index contributed by atoms with van der Waals surface area (Å²) in [5, 5.41) is 6.12. The number of nitrogens with zero attached hydrogens (tertiary/aromatic N) is 2. The van der Waals surface area contributed by atoms with Gasteiger partial charge in [0.1, 0.15) is 0 Å². The van der Waals surface area contributed by atoms with Gasteiger partial charge in [-0.3, -0.25) is 9.98 Å². The van der Waals surface area contributed by atoms with Gasteiger partial charge in [0.15, 0.2) is 0 Å². The molecule has 0 aromatic rings. The highest BCUT2D eigenvalue weighted by Gasteiger charge is 1.87. The summed E-state index contributed by atoms with van der Waals surface area (Å²) in [5.74, 6) is 0. The van der Waals surface area contributed by atoms with Crippen molar-refractivity contribution in [3.63, 3.8) is 0 Å². The Morgan fingerprint density at radius 2 is 1.19 bits per heavy atom. The molecular weight excluding hydrogens is 200 g/mol. The number of hydrogen-bond acceptors (Lipinski definition) is 2. The lowest BCUT2D eigenvalue weighted by Gasteiger charge is -1.97. The largest absolute Gasteiger partial charge is 0.377 e. The Morgan fingerprint density at radius 3 is 1.56 bits per heavy atom. The van der Waals surface area contributed by atoms with Crippen LogP contribution in [0.1, 0.15) is 39.5 Å². The molecule has 0 aromatic heterocycles. The van der Waals surface area contributed by atoms with E-state index in [0.717, 1.165) is 26.2 Å². The minimum absolute atomic E-state index is 0.938. The Labute approximate surface area is 99.6 Å². The first-order valence-corrected chi connectivity index (χ1v) is 6.35. The van der Waals surface area contributed by atoms with Crippen molar-refractivity contribution in [2.24, 2.45) is 9.98 Å². The molecule has 0 atom stereocenters. The molecule has 4 heteroatoms. The molecule has 16 heavy (non-hydrogen) atoms. The highest BCUT2D eigenvalue weighted by Crippen LogP contribution is 1.99. The zero-order valence-electron chi connectivity index (χ0n) is 10.7. The average Bonchev–Trinajstić information content (AvgIpc) is 2.31. The van der Waals surface area contributed by atoms with E-state index in [4.69, 9.17) is 0 Å². The molecule has 0 aliphatic rings. The number of hydrogen-bond donors (Lipinski definition) is 2. The van der Waals surface area contributed by atoms with Gasteiger partial charge in [-0.05, 0) is 26.7 Å². The van der Waals surface area contributed by atoms with Gasteiger partial charge < -0.3 is 10.6 Å². The standard InChI is InChI=1S/C12H26N4/c1-3-13-11-15-9-7-5-6-8-10-16-12-14-4-2/h11-12H,3-10H2,1-2H3,(H,13,15)(H,14,16). The van der Waals surface area contributed by atoms with Crippen LogP contribution in [0.25, 0.3) is 0 Å². The third kappa shape index (κ3) is 12.9. The van der Waals surface area contributed by atoms with Crippen molar-refractivity contribution in [3.8, 4) is 0 Å².